The van der Waals surface area contributed by atoms with Crippen LogP contribution in [0.1, 0.15) is 12.0 Å². The van der Waals surface area contributed by atoms with Crippen molar-refractivity contribution in [2.45, 2.75) is 13.3 Å². The van der Waals surface area contributed by atoms with Crippen LogP contribution in [0.25, 0.3) is 11.0 Å². The lowest BCUT2D eigenvalue weighted by Gasteiger charge is -2.11. The molecule has 3 N–H and O–H groups in total. The number of aromatic nitrogens is 2. The monoisotopic (exact) mass is 436 g/mol. The van der Waals surface area contributed by atoms with Crippen molar-refractivity contribution >= 4 is 34.2 Å². The van der Waals surface area contributed by atoms with E-state index in [1.165, 1.54) is 36.5 Å². The number of anilines is 2. The van der Waals surface area contributed by atoms with E-state index in [1.54, 1.807) is 25.3 Å². The molecule has 0 radical (unpaired) electrons. The standard InChI is InChI=1S/C23H18F2N4O3/c1-13-2-3-14(24)10-18(13)29-22(31)12-21(30)28-15-4-5-20(17(25)11-15)32-19-7-9-27-23-16(19)6-8-26-23/h2-11H,12H2,1H3,(H,26,27)(H,28,30)(H,29,31). The molecule has 0 saturated heterocycles. The Balaban J connectivity index is 1.38. The van der Waals surface area contributed by atoms with Gasteiger partial charge < -0.3 is 20.4 Å². The summed E-state index contributed by atoms with van der Waals surface area (Å²) < 4.78 is 33.5. The SMILES string of the molecule is Cc1ccc(F)cc1NC(=O)CC(=O)Nc1ccc(Oc2ccnc3[nH]ccc23)c(F)c1. The number of hydrogen-bond acceptors (Lipinski definition) is 4. The minimum atomic E-state index is -0.692. The van der Waals surface area contributed by atoms with Crippen LogP contribution in [0.3, 0.4) is 0 Å². The number of ether oxygens (including phenoxy) is 1. The van der Waals surface area contributed by atoms with Gasteiger partial charge in [-0.2, -0.15) is 0 Å². The van der Waals surface area contributed by atoms with Gasteiger partial charge in [0.2, 0.25) is 11.8 Å². The largest absolute Gasteiger partial charge is 0.453 e. The van der Waals surface area contributed by atoms with Crippen molar-refractivity contribution in [2.75, 3.05) is 10.6 Å². The fraction of sp³-hybridized carbons (Fsp3) is 0.0870. The van der Waals surface area contributed by atoms with Gasteiger partial charge in [-0.25, -0.2) is 13.8 Å². The van der Waals surface area contributed by atoms with Crippen molar-refractivity contribution in [3.8, 4) is 11.5 Å². The van der Waals surface area contributed by atoms with Crippen LogP contribution in [-0.2, 0) is 9.59 Å². The van der Waals surface area contributed by atoms with Crippen molar-refractivity contribution < 1.29 is 23.1 Å². The molecule has 0 saturated carbocycles. The fourth-order valence-corrected chi connectivity index (χ4v) is 3.08. The third kappa shape index (κ3) is 4.72. The number of nitrogens with zero attached hydrogens (tertiary/aromatic N) is 1. The second-order valence-corrected chi connectivity index (χ2v) is 7.03. The minimum Gasteiger partial charge on any atom is -0.453 e. The third-order valence-electron chi connectivity index (χ3n) is 4.65. The third-order valence-corrected chi connectivity index (χ3v) is 4.65. The summed E-state index contributed by atoms with van der Waals surface area (Å²) >= 11 is 0. The van der Waals surface area contributed by atoms with Crippen molar-refractivity contribution in [3.63, 3.8) is 0 Å². The van der Waals surface area contributed by atoms with Gasteiger partial charge in [-0.15, -0.1) is 0 Å². The van der Waals surface area contributed by atoms with E-state index in [0.29, 0.717) is 22.3 Å². The number of aryl methyl sites for hydroxylation is 1. The second-order valence-electron chi connectivity index (χ2n) is 7.03. The van der Waals surface area contributed by atoms with Crippen molar-refractivity contribution in [3.05, 3.63) is 78.1 Å². The fourth-order valence-electron chi connectivity index (χ4n) is 3.08. The number of fused-ring (bicyclic) bond motifs is 1. The first-order valence-electron chi connectivity index (χ1n) is 9.64. The molecule has 32 heavy (non-hydrogen) atoms. The van der Waals surface area contributed by atoms with Gasteiger partial charge in [0, 0.05) is 29.8 Å². The molecule has 0 aliphatic rings. The molecule has 2 heterocycles. The molecule has 4 rings (SSSR count). The molecule has 0 fully saturated rings. The molecule has 162 valence electrons. The molecule has 7 nitrogen and oxygen atoms in total. The summed E-state index contributed by atoms with van der Waals surface area (Å²) in [6, 6.07) is 11.3. The lowest BCUT2D eigenvalue weighted by Crippen LogP contribution is -2.21. The molecule has 4 aromatic rings. The van der Waals surface area contributed by atoms with Crippen LogP contribution in [0.4, 0.5) is 20.2 Å². The van der Waals surface area contributed by atoms with E-state index in [2.05, 4.69) is 20.6 Å². The Morgan fingerprint density at radius 2 is 1.81 bits per heavy atom. The molecule has 0 aliphatic heterocycles. The van der Waals surface area contributed by atoms with Crippen LogP contribution in [0.15, 0.2) is 60.9 Å². The van der Waals surface area contributed by atoms with Gasteiger partial charge in [0.15, 0.2) is 11.6 Å². The van der Waals surface area contributed by atoms with Crippen molar-refractivity contribution in [1.29, 1.82) is 0 Å². The summed E-state index contributed by atoms with van der Waals surface area (Å²) in [6.07, 6.45) is 2.72. The Hall–Kier alpha value is -4.27. The number of rotatable bonds is 6. The van der Waals surface area contributed by atoms with Crippen molar-refractivity contribution in [1.82, 2.24) is 9.97 Å². The molecule has 0 unspecified atom stereocenters. The zero-order valence-corrected chi connectivity index (χ0v) is 16.9. The maximum Gasteiger partial charge on any atom is 0.233 e. The highest BCUT2D eigenvalue weighted by atomic mass is 19.1. The molecular formula is C23H18F2N4O3. The number of H-pyrrole nitrogens is 1. The van der Waals surface area contributed by atoms with Gasteiger partial charge in [0.1, 0.15) is 23.6 Å². The van der Waals surface area contributed by atoms with Gasteiger partial charge >= 0.3 is 0 Å². The summed E-state index contributed by atoms with van der Waals surface area (Å²) in [5.74, 6) is -2.06. The number of nitrogens with one attached hydrogen (secondary N) is 3. The molecule has 2 amide bonds. The number of carbonyl (C=O) groups is 2. The number of benzene rings is 2. The first-order valence-corrected chi connectivity index (χ1v) is 9.64. The van der Waals surface area contributed by atoms with E-state index in [9.17, 15) is 18.4 Å². The normalized spacial score (nSPS) is 10.7. The summed E-state index contributed by atoms with van der Waals surface area (Å²) in [5.41, 5.74) is 1.71. The zero-order chi connectivity index (χ0) is 22.7. The molecule has 0 bridgehead atoms. The van der Waals surface area contributed by atoms with E-state index in [1.807, 2.05) is 0 Å². The predicted molar refractivity (Wildman–Crippen MR) is 116 cm³/mol. The molecule has 0 atom stereocenters. The number of halogens is 2. The Labute approximate surface area is 181 Å². The highest BCUT2D eigenvalue weighted by molar-refractivity contribution is 6.08. The van der Waals surface area contributed by atoms with Crippen LogP contribution < -0.4 is 15.4 Å². The number of hydrogen-bond donors (Lipinski definition) is 3. The number of amides is 2. The molecule has 9 heteroatoms. The average Bonchev–Trinajstić information content (AvgIpc) is 3.22. The topological polar surface area (TPSA) is 96.1 Å². The lowest BCUT2D eigenvalue weighted by atomic mass is 10.2. The van der Waals surface area contributed by atoms with Gasteiger partial charge in [0.05, 0.1) is 5.39 Å². The molecule has 2 aromatic heterocycles. The highest BCUT2D eigenvalue weighted by Crippen LogP contribution is 2.31. The summed E-state index contributed by atoms with van der Waals surface area (Å²) in [4.78, 5) is 31.3. The number of carbonyl (C=O) groups excluding carboxylic acids is 2. The average molecular weight is 436 g/mol. The van der Waals surface area contributed by atoms with E-state index < -0.39 is 29.9 Å². The smallest absolute Gasteiger partial charge is 0.233 e. The van der Waals surface area contributed by atoms with E-state index in [-0.39, 0.29) is 17.1 Å². The Kier molecular flexibility index (Phi) is 5.80. The van der Waals surface area contributed by atoms with Crippen LogP contribution in [0.2, 0.25) is 0 Å². The van der Waals surface area contributed by atoms with Crippen LogP contribution in [0.5, 0.6) is 11.5 Å². The molecular weight excluding hydrogens is 418 g/mol. The Bertz CT molecular complexity index is 1320. The minimum absolute atomic E-state index is 0.0315. The van der Waals surface area contributed by atoms with Crippen molar-refractivity contribution in [2.24, 2.45) is 0 Å². The summed E-state index contributed by atoms with van der Waals surface area (Å²) in [6.45, 7) is 1.70. The second kappa shape index (κ2) is 8.84. The van der Waals surface area contributed by atoms with Gasteiger partial charge in [-0.1, -0.05) is 6.07 Å². The first kappa shape index (κ1) is 21.0. The quantitative estimate of drug-likeness (QED) is 0.374. The number of aromatic amines is 1. The molecule has 0 spiro atoms. The first-order chi connectivity index (χ1) is 15.4. The van der Waals surface area contributed by atoms with E-state index in [0.717, 1.165) is 6.07 Å². The van der Waals surface area contributed by atoms with Gasteiger partial charge in [-0.3, -0.25) is 9.59 Å². The summed E-state index contributed by atoms with van der Waals surface area (Å²) in [5, 5.41) is 5.64. The predicted octanol–water partition coefficient (Wildman–Crippen LogP) is 4.91. The Morgan fingerprint density at radius 3 is 2.62 bits per heavy atom. The number of pyridine rings is 1. The zero-order valence-electron chi connectivity index (χ0n) is 16.9. The maximum absolute atomic E-state index is 14.5. The highest BCUT2D eigenvalue weighted by Gasteiger charge is 2.14. The molecule has 0 aliphatic carbocycles. The van der Waals surface area contributed by atoms with E-state index >= 15 is 0 Å². The van der Waals surface area contributed by atoms with Gasteiger partial charge in [-0.05, 0) is 48.9 Å². The van der Waals surface area contributed by atoms with Crippen LogP contribution in [-0.4, -0.2) is 21.8 Å². The lowest BCUT2D eigenvalue weighted by molar-refractivity contribution is -0.123. The van der Waals surface area contributed by atoms with Gasteiger partial charge in [0.25, 0.3) is 0 Å². The molecule has 2 aromatic carbocycles. The summed E-state index contributed by atoms with van der Waals surface area (Å²) in [7, 11) is 0. The Morgan fingerprint density at radius 1 is 1.00 bits per heavy atom. The van der Waals surface area contributed by atoms with Crippen LogP contribution >= 0.6 is 0 Å². The maximum atomic E-state index is 14.5. The van der Waals surface area contributed by atoms with Crippen LogP contribution in [0, 0.1) is 18.6 Å². The van der Waals surface area contributed by atoms with E-state index in [4.69, 9.17) is 4.74 Å².